The molecule has 0 heterocycles. The zero-order valence-corrected chi connectivity index (χ0v) is 23.4. The van der Waals surface area contributed by atoms with Gasteiger partial charge in [0.1, 0.15) is 0 Å². The molecule has 4 aromatic rings. The first kappa shape index (κ1) is 28.3. The highest BCUT2D eigenvalue weighted by molar-refractivity contribution is 9.10. The first-order valence-electron chi connectivity index (χ1n) is 11.4. The summed E-state index contributed by atoms with van der Waals surface area (Å²) in [5.41, 5.74) is 3.03. The van der Waals surface area contributed by atoms with Gasteiger partial charge in [-0.1, -0.05) is 37.9 Å². The molecule has 4 aromatic carbocycles. The van der Waals surface area contributed by atoms with Gasteiger partial charge < -0.3 is 9.47 Å². The number of carbonyl (C=O) groups excluding carboxylic acids is 3. The zero-order chi connectivity index (χ0) is 28.6. The molecular formula is C28H17Br2N3O7. The van der Waals surface area contributed by atoms with Crippen LogP contribution in [0.4, 0.5) is 5.69 Å². The van der Waals surface area contributed by atoms with Crippen LogP contribution in [0.5, 0.6) is 11.5 Å². The predicted octanol–water partition coefficient (Wildman–Crippen LogP) is 6.32. The lowest BCUT2D eigenvalue weighted by atomic mass is 10.2. The van der Waals surface area contributed by atoms with Crippen LogP contribution in [-0.4, -0.2) is 29.0 Å². The molecule has 1 amide bonds. The Bertz CT molecular complexity index is 1620. The van der Waals surface area contributed by atoms with Gasteiger partial charge in [-0.05, 0) is 78.4 Å². The van der Waals surface area contributed by atoms with Crippen molar-refractivity contribution in [3.63, 3.8) is 0 Å². The van der Waals surface area contributed by atoms with E-state index in [1.54, 1.807) is 48.5 Å². The van der Waals surface area contributed by atoms with Gasteiger partial charge in [-0.3, -0.25) is 14.9 Å². The average molecular weight is 667 g/mol. The fourth-order valence-corrected chi connectivity index (χ4v) is 3.78. The molecule has 0 aliphatic carbocycles. The number of halogens is 2. The number of hydrogen-bond donors (Lipinski definition) is 1. The maximum Gasteiger partial charge on any atom is 0.343 e. The van der Waals surface area contributed by atoms with E-state index in [4.69, 9.17) is 9.47 Å². The molecule has 1 N–H and O–H groups in total. The lowest BCUT2D eigenvalue weighted by Gasteiger charge is -2.12. The van der Waals surface area contributed by atoms with Crippen molar-refractivity contribution in [3.05, 3.63) is 132 Å². The number of benzene rings is 4. The number of non-ortho nitro benzene ring substituents is 1. The number of hydrogen-bond acceptors (Lipinski definition) is 8. The van der Waals surface area contributed by atoms with Crippen LogP contribution >= 0.6 is 31.9 Å². The minimum absolute atomic E-state index is 0.0174. The molecule has 0 aliphatic heterocycles. The van der Waals surface area contributed by atoms with Crippen LogP contribution in [0.25, 0.3) is 0 Å². The van der Waals surface area contributed by atoms with Gasteiger partial charge in [-0.15, -0.1) is 0 Å². The highest BCUT2D eigenvalue weighted by atomic mass is 79.9. The fourth-order valence-electron chi connectivity index (χ4n) is 3.25. The maximum absolute atomic E-state index is 12.8. The third kappa shape index (κ3) is 7.46. The van der Waals surface area contributed by atoms with Gasteiger partial charge in [-0.2, -0.15) is 5.10 Å². The van der Waals surface area contributed by atoms with E-state index in [9.17, 15) is 24.5 Å². The summed E-state index contributed by atoms with van der Waals surface area (Å²) in [6.45, 7) is 0. The smallest absolute Gasteiger partial charge is 0.343 e. The summed E-state index contributed by atoms with van der Waals surface area (Å²) in [7, 11) is 0. The van der Waals surface area contributed by atoms with Crippen molar-refractivity contribution in [1.82, 2.24) is 5.43 Å². The largest absolute Gasteiger partial charge is 0.419 e. The van der Waals surface area contributed by atoms with Crippen LogP contribution in [0.2, 0.25) is 0 Å². The molecule has 0 unspecified atom stereocenters. The minimum Gasteiger partial charge on any atom is -0.419 e. The summed E-state index contributed by atoms with van der Waals surface area (Å²) >= 11 is 6.62. The van der Waals surface area contributed by atoms with Crippen LogP contribution in [0, 0.1) is 10.1 Å². The number of nitro groups is 1. The normalized spacial score (nSPS) is 10.7. The van der Waals surface area contributed by atoms with Crippen molar-refractivity contribution in [2.75, 3.05) is 0 Å². The van der Waals surface area contributed by atoms with Crippen LogP contribution in [0.15, 0.2) is 105 Å². The van der Waals surface area contributed by atoms with Gasteiger partial charge in [0.25, 0.3) is 11.6 Å². The van der Waals surface area contributed by atoms with Gasteiger partial charge >= 0.3 is 11.9 Å². The lowest BCUT2D eigenvalue weighted by molar-refractivity contribution is -0.384. The molecular weight excluding hydrogens is 650 g/mol. The second-order valence-electron chi connectivity index (χ2n) is 8.01. The first-order chi connectivity index (χ1) is 19.2. The van der Waals surface area contributed by atoms with E-state index in [-0.39, 0.29) is 33.9 Å². The molecule has 0 spiro atoms. The Hall–Kier alpha value is -4.68. The number of nitrogens with zero attached hydrogens (tertiary/aromatic N) is 2. The number of rotatable bonds is 8. The van der Waals surface area contributed by atoms with E-state index in [2.05, 4.69) is 42.4 Å². The van der Waals surface area contributed by atoms with E-state index in [1.165, 1.54) is 42.6 Å². The third-order valence-corrected chi connectivity index (χ3v) is 6.29. The second-order valence-corrected chi connectivity index (χ2v) is 9.84. The topological polar surface area (TPSA) is 137 Å². The molecule has 0 saturated carbocycles. The Kier molecular flexibility index (Phi) is 9.15. The zero-order valence-electron chi connectivity index (χ0n) is 20.2. The monoisotopic (exact) mass is 665 g/mol. The number of esters is 2. The second kappa shape index (κ2) is 12.9. The highest BCUT2D eigenvalue weighted by Crippen LogP contribution is 2.30. The standard InChI is InChI=1S/C28H17Br2N3O7/c29-21-9-5-18(6-10-21)27(35)39-24-13-4-17(14-25(24)40-28(36)19-7-11-22(30)12-8-19)16-31-32-26(34)20-2-1-3-23(15-20)33(37)38/h1-16H,(H,32,34). The predicted molar refractivity (Wildman–Crippen MR) is 153 cm³/mol. The van der Waals surface area contributed by atoms with Gasteiger partial charge in [0, 0.05) is 26.6 Å². The molecule has 0 bridgehead atoms. The van der Waals surface area contributed by atoms with Crippen LogP contribution in [0.1, 0.15) is 36.6 Å². The van der Waals surface area contributed by atoms with Crippen LogP contribution in [0.3, 0.4) is 0 Å². The summed E-state index contributed by atoms with van der Waals surface area (Å²) in [5.74, 6) is -2.11. The van der Waals surface area contributed by atoms with E-state index in [0.29, 0.717) is 5.56 Å². The number of nitro benzene ring substituents is 1. The molecule has 0 fully saturated rings. The van der Waals surface area contributed by atoms with Gasteiger partial charge in [0.15, 0.2) is 11.5 Å². The molecule has 200 valence electrons. The summed E-state index contributed by atoms with van der Waals surface area (Å²) in [4.78, 5) is 48.2. The molecule has 0 saturated heterocycles. The maximum atomic E-state index is 12.8. The molecule has 12 heteroatoms. The molecule has 10 nitrogen and oxygen atoms in total. The number of nitrogens with one attached hydrogen (secondary N) is 1. The molecule has 0 radical (unpaired) electrons. The number of amides is 1. The van der Waals surface area contributed by atoms with Crippen LogP contribution < -0.4 is 14.9 Å². The Morgan fingerprint density at radius 3 is 1.90 bits per heavy atom. The Morgan fingerprint density at radius 2 is 1.32 bits per heavy atom. The Balaban J connectivity index is 1.55. The molecule has 0 atom stereocenters. The van der Waals surface area contributed by atoms with Crippen LogP contribution in [-0.2, 0) is 0 Å². The third-order valence-electron chi connectivity index (χ3n) is 5.23. The molecule has 4 rings (SSSR count). The van der Waals surface area contributed by atoms with E-state index >= 15 is 0 Å². The van der Waals surface area contributed by atoms with Crippen molar-refractivity contribution in [2.24, 2.45) is 5.10 Å². The molecule has 40 heavy (non-hydrogen) atoms. The van der Waals surface area contributed by atoms with Crippen molar-refractivity contribution >= 4 is 61.6 Å². The summed E-state index contributed by atoms with van der Waals surface area (Å²) in [6.07, 6.45) is 1.27. The summed E-state index contributed by atoms with van der Waals surface area (Å²) < 4.78 is 12.6. The molecule has 0 aliphatic rings. The van der Waals surface area contributed by atoms with E-state index in [0.717, 1.165) is 15.0 Å². The summed E-state index contributed by atoms with van der Waals surface area (Å²) in [5, 5.41) is 14.8. The average Bonchev–Trinajstić information content (AvgIpc) is 2.95. The fraction of sp³-hybridized carbons (Fsp3) is 0. The van der Waals surface area contributed by atoms with Crippen molar-refractivity contribution in [3.8, 4) is 11.5 Å². The highest BCUT2D eigenvalue weighted by Gasteiger charge is 2.17. The number of ether oxygens (including phenoxy) is 2. The Morgan fingerprint density at radius 1 is 0.750 bits per heavy atom. The SMILES string of the molecule is O=C(NN=Cc1ccc(OC(=O)c2ccc(Br)cc2)c(OC(=O)c2ccc(Br)cc2)c1)c1cccc([N+](=O)[O-])c1. The first-order valence-corrected chi connectivity index (χ1v) is 13.0. The van der Waals surface area contributed by atoms with E-state index < -0.39 is 22.8 Å². The van der Waals surface area contributed by atoms with Gasteiger partial charge in [0.05, 0.1) is 22.3 Å². The number of carbonyl (C=O) groups is 3. The van der Waals surface area contributed by atoms with Gasteiger partial charge in [-0.25, -0.2) is 15.0 Å². The van der Waals surface area contributed by atoms with Crippen molar-refractivity contribution < 1.29 is 28.8 Å². The Labute approximate surface area is 244 Å². The van der Waals surface area contributed by atoms with Gasteiger partial charge in [0.2, 0.25) is 0 Å². The molecule has 0 aromatic heterocycles. The van der Waals surface area contributed by atoms with Crippen molar-refractivity contribution in [1.29, 1.82) is 0 Å². The lowest BCUT2D eigenvalue weighted by Crippen LogP contribution is -2.17. The number of hydrazone groups is 1. The quantitative estimate of drug-likeness (QED) is 0.0763. The summed E-state index contributed by atoms with van der Waals surface area (Å²) in [6, 6.07) is 22.6. The van der Waals surface area contributed by atoms with E-state index in [1.807, 2.05) is 0 Å². The van der Waals surface area contributed by atoms with Crippen molar-refractivity contribution in [2.45, 2.75) is 0 Å². The minimum atomic E-state index is -0.693.